The number of halogens is 1. The van der Waals surface area contributed by atoms with Crippen LogP contribution in [-0.2, 0) is 0 Å². The molecule has 0 radical (unpaired) electrons. The Morgan fingerprint density at radius 3 is 2.81 bits per heavy atom. The van der Waals surface area contributed by atoms with E-state index in [2.05, 4.69) is 31.7 Å². The first-order valence-corrected chi connectivity index (χ1v) is 10.5. The zero-order valence-electron chi connectivity index (χ0n) is 16.7. The minimum absolute atomic E-state index is 0.00982. The molecule has 0 saturated heterocycles. The molecular formula is C22H17FN6OS. The number of rotatable bonds is 4. The fraction of sp³-hybridized carbons (Fsp3) is 0.136. The number of nitrogens with zero attached hydrogens (tertiary/aromatic N) is 5. The van der Waals surface area contributed by atoms with E-state index in [0.29, 0.717) is 22.7 Å². The quantitative estimate of drug-likeness (QED) is 0.463. The standard InChI is InChI=1S/C22H17FN6OS/c1-12(13-4-6-18-19(10-13)31-11-25-18)21-27-26-20-8-7-17(28-29(20)21)14-3-5-15(16(23)9-14)22(30)24-2/h3-12H,1-2H3,(H,24,30). The molecule has 5 aromatic rings. The second-order valence-corrected chi connectivity index (χ2v) is 8.01. The number of benzene rings is 2. The maximum absolute atomic E-state index is 14.4. The van der Waals surface area contributed by atoms with Gasteiger partial charge in [0.05, 0.1) is 27.0 Å². The average Bonchev–Trinajstić information content (AvgIpc) is 3.43. The predicted molar refractivity (Wildman–Crippen MR) is 117 cm³/mol. The van der Waals surface area contributed by atoms with Gasteiger partial charge < -0.3 is 5.32 Å². The second-order valence-electron chi connectivity index (χ2n) is 7.12. The number of nitrogens with one attached hydrogen (secondary N) is 1. The maximum Gasteiger partial charge on any atom is 0.253 e. The molecule has 0 fully saturated rings. The Hall–Kier alpha value is -3.72. The summed E-state index contributed by atoms with van der Waals surface area (Å²) < 4.78 is 17.2. The van der Waals surface area contributed by atoms with Crippen LogP contribution in [0.3, 0.4) is 0 Å². The van der Waals surface area contributed by atoms with Gasteiger partial charge in [-0.25, -0.2) is 9.37 Å². The number of fused-ring (bicyclic) bond motifs is 2. The number of hydrogen-bond donors (Lipinski definition) is 1. The van der Waals surface area contributed by atoms with E-state index >= 15 is 0 Å². The summed E-state index contributed by atoms with van der Waals surface area (Å²) >= 11 is 1.59. The van der Waals surface area contributed by atoms with Crippen LogP contribution in [-0.4, -0.2) is 37.8 Å². The summed E-state index contributed by atoms with van der Waals surface area (Å²) in [6.45, 7) is 2.05. The topological polar surface area (TPSA) is 85.1 Å². The molecule has 5 rings (SSSR count). The van der Waals surface area contributed by atoms with E-state index in [1.54, 1.807) is 34.1 Å². The minimum atomic E-state index is -0.603. The van der Waals surface area contributed by atoms with E-state index in [4.69, 9.17) is 0 Å². The Morgan fingerprint density at radius 1 is 1.13 bits per heavy atom. The third-order valence-electron chi connectivity index (χ3n) is 5.27. The lowest BCUT2D eigenvalue weighted by Crippen LogP contribution is -2.19. The van der Waals surface area contributed by atoms with Gasteiger partial charge in [-0.15, -0.1) is 21.5 Å². The zero-order valence-corrected chi connectivity index (χ0v) is 17.5. The van der Waals surface area contributed by atoms with Gasteiger partial charge in [-0.3, -0.25) is 4.79 Å². The number of aromatic nitrogens is 5. The third-order valence-corrected chi connectivity index (χ3v) is 6.06. The lowest BCUT2D eigenvalue weighted by Gasteiger charge is -2.11. The summed E-state index contributed by atoms with van der Waals surface area (Å²) in [6.07, 6.45) is 0. The lowest BCUT2D eigenvalue weighted by molar-refractivity contribution is 0.0959. The summed E-state index contributed by atoms with van der Waals surface area (Å²) in [6, 6.07) is 14.1. The van der Waals surface area contributed by atoms with Crippen molar-refractivity contribution in [3.8, 4) is 11.3 Å². The van der Waals surface area contributed by atoms with Crippen molar-refractivity contribution in [2.75, 3.05) is 7.05 Å². The maximum atomic E-state index is 14.4. The Balaban J connectivity index is 1.55. The summed E-state index contributed by atoms with van der Waals surface area (Å²) in [7, 11) is 1.46. The van der Waals surface area contributed by atoms with Gasteiger partial charge in [-0.1, -0.05) is 19.1 Å². The third kappa shape index (κ3) is 3.32. The monoisotopic (exact) mass is 432 g/mol. The molecule has 9 heteroatoms. The van der Waals surface area contributed by atoms with Crippen LogP contribution in [0.5, 0.6) is 0 Å². The molecule has 31 heavy (non-hydrogen) atoms. The molecule has 1 atom stereocenters. The molecule has 0 aliphatic rings. The van der Waals surface area contributed by atoms with Gasteiger partial charge in [-0.05, 0) is 42.0 Å². The zero-order chi connectivity index (χ0) is 21.5. The van der Waals surface area contributed by atoms with Gasteiger partial charge in [0.1, 0.15) is 5.82 Å². The Bertz CT molecular complexity index is 1440. The summed E-state index contributed by atoms with van der Waals surface area (Å²) in [5.41, 5.74) is 5.59. The molecule has 0 bridgehead atoms. The van der Waals surface area contributed by atoms with Crippen LogP contribution in [0, 0.1) is 5.82 Å². The fourth-order valence-corrected chi connectivity index (χ4v) is 4.24. The van der Waals surface area contributed by atoms with Crippen molar-refractivity contribution >= 4 is 33.1 Å². The van der Waals surface area contributed by atoms with Crippen molar-refractivity contribution in [3.05, 3.63) is 76.8 Å². The second kappa shape index (κ2) is 7.51. The molecule has 0 saturated carbocycles. The molecule has 3 heterocycles. The van der Waals surface area contributed by atoms with Crippen LogP contribution in [0.4, 0.5) is 4.39 Å². The number of carbonyl (C=O) groups is 1. The van der Waals surface area contributed by atoms with Crippen molar-refractivity contribution < 1.29 is 9.18 Å². The van der Waals surface area contributed by atoms with Crippen molar-refractivity contribution in [3.63, 3.8) is 0 Å². The predicted octanol–water partition coefficient (Wildman–Crippen LogP) is 4.05. The van der Waals surface area contributed by atoms with E-state index in [1.165, 1.54) is 19.2 Å². The number of hydrogen-bond acceptors (Lipinski definition) is 6. The van der Waals surface area contributed by atoms with Gasteiger partial charge in [0.25, 0.3) is 5.91 Å². The van der Waals surface area contributed by atoms with Gasteiger partial charge in [-0.2, -0.15) is 9.61 Å². The molecule has 2 aromatic carbocycles. The first-order chi connectivity index (χ1) is 15.0. The highest BCUT2D eigenvalue weighted by molar-refractivity contribution is 7.16. The van der Waals surface area contributed by atoms with Crippen LogP contribution in [0.2, 0.25) is 0 Å². The van der Waals surface area contributed by atoms with Crippen LogP contribution >= 0.6 is 11.3 Å². The van der Waals surface area contributed by atoms with Crippen molar-refractivity contribution in [2.45, 2.75) is 12.8 Å². The summed E-state index contributed by atoms with van der Waals surface area (Å²) in [4.78, 5) is 16.1. The van der Waals surface area contributed by atoms with Crippen molar-refractivity contribution in [1.29, 1.82) is 0 Å². The van der Waals surface area contributed by atoms with E-state index < -0.39 is 11.7 Å². The minimum Gasteiger partial charge on any atom is -0.355 e. The first-order valence-electron chi connectivity index (χ1n) is 9.62. The molecule has 1 amide bonds. The van der Waals surface area contributed by atoms with Crippen LogP contribution in [0.25, 0.3) is 27.1 Å². The molecule has 3 aromatic heterocycles. The normalized spacial score (nSPS) is 12.4. The summed E-state index contributed by atoms with van der Waals surface area (Å²) in [5.74, 6) is -0.450. The summed E-state index contributed by atoms with van der Waals surface area (Å²) in [5, 5.41) is 15.7. The molecule has 0 aliphatic carbocycles. The lowest BCUT2D eigenvalue weighted by atomic mass is 10.0. The number of amides is 1. The molecule has 0 aliphatic heterocycles. The molecule has 154 valence electrons. The highest BCUT2D eigenvalue weighted by Crippen LogP contribution is 2.28. The van der Waals surface area contributed by atoms with Crippen LogP contribution in [0.15, 0.2) is 54.0 Å². The van der Waals surface area contributed by atoms with E-state index in [1.807, 2.05) is 24.6 Å². The van der Waals surface area contributed by atoms with Gasteiger partial charge >= 0.3 is 0 Å². The Morgan fingerprint density at radius 2 is 2.00 bits per heavy atom. The van der Waals surface area contributed by atoms with E-state index in [-0.39, 0.29) is 11.5 Å². The van der Waals surface area contributed by atoms with E-state index in [9.17, 15) is 9.18 Å². The largest absolute Gasteiger partial charge is 0.355 e. The fourth-order valence-electron chi connectivity index (χ4n) is 3.51. The van der Waals surface area contributed by atoms with Crippen molar-refractivity contribution in [2.24, 2.45) is 0 Å². The number of carbonyl (C=O) groups excluding carboxylic acids is 1. The SMILES string of the molecule is CNC(=O)c1ccc(-c2ccc3nnc(C(C)c4ccc5ncsc5c4)n3n2)cc1F. The molecule has 1 N–H and O–H groups in total. The van der Waals surface area contributed by atoms with Gasteiger partial charge in [0.2, 0.25) is 0 Å². The molecule has 0 spiro atoms. The average molecular weight is 432 g/mol. The Labute approximate surface area is 180 Å². The van der Waals surface area contributed by atoms with Gasteiger partial charge in [0.15, 0.2) is 11.5 Å². The van der Waals surface area contributed by atoms with Crippen molar-refractivity contribution in [1.82, 2.24) is 30.1 Å². The Kier molecular flexibility index (Phi) is 4.67. The van der Waals surface area contributed by atoms with Crippen LogP contribution < -0.4 is 5.32 Å². The molecule has 7 nitrogen and oxygen atoms in total. The number of thiazole rings is 1. The smallest absolute Gasteiger partial charge is 0.253 e. The first kappa shape index (κ1) is 19.3. The highest BCUT2D eigenvalue weighted by Gasteiger charge is 2.18. The van der Waals surface area contributed by atoms with Gasteiger partial charge in [0, 0.05) is 18.5 Å². The van der Waals surface area contributed by atoms with Crippen LogP contribution in [0.1, 0.15) is 34.6 Å². The molecule has 1 unspecified atom stereocenters. The van der Waals surface area contributed by atoms with E-state index in [0.717, 1.165) is 15.8 Å². The highest BCUT2D eigenvalue weighted by atomic mass is 32.1. The molecular weight excluding hydrogens is 415 g/mol.